The number of carboxylic acids is 1. The maximum atomic E-state index is 12.8. The van der Waals surface area contributed by atoms with E-state index in [-0.39, 0.29) is 17.4 Å². The van der Waals surface area contributed by atoms with Crippen LogP contribution >= 0.6 is 0 Å². The molecule has 0 radical (unpaired) electrons. The van der Waals surface area contributed by atoms with Gasteiger partial charge < -0.3 is 9.84 Å². The lowest BCUT2D eigenvalue weighted by Crippen LogP contribution is -1.96. The van der Waals surface area contributed by atoms with Crippen molar-refractivity contribution in [2.75, 3.05) is 0 Å². The molecule has 0 spiro atoms. The summed E-state index contributed by atoms with van der Waals surface area (Å²) >= 11 is 0. The fraction of sp³-hybridized carbons (Fsp3) is 0. The number of carbonyl (C=O) groups is 1. The summed E-state index contributed by atoms with van der Waals surface area (Å²) in [6.07, 6.45) is 3.07. The lowest BCUT2D eigenvalue weighted by molar-refractivity contribution is 0.0697. The normalized spacial score (nSPS) is 10.3. The van der Waals surface area contributed by atoms with Crippen molar-refractivity contribution >= 4 is 5.97 Å². The first-order valence-corrected chi connectivity index (χ1v) is 6.71. The van der Waals surface area contributed by atoms with Gasteiger partial charge in [-0.3, -0.25) is 0 Å². The summed E-state index contributed by atoms with van der Waals surface area (Å²) in [5.41, 5.74) is 1.55. The molecule has 23 heavy (non-hydrogen) atoms. The van der Waals surface area contributed by atoms with E-state index in [0.717, 1.165) is 0 Å². The highest BCUT2D eigenvalue weighted by Gasteiger charge is 2.07. The minimum absolute atomic E-state index is 0.120. The van der Waals surface area contributed by atoms with Crippen molar-refractivity contribution in [2.45, 2.75) is 0 Å². The molecule has 0 amide bonds. The van der Waals surface area contributed by atoms with Crippen LogP contribution in [0, 0.1) is 5.82 Å². The highest BCUT2D eigenvalue weighted by atomic mass is 19.1. The predicted octanol–water partition coefficient (Wildman–Crippen LogP) is 3.77. The summed E-state index contributed by atoms with van der Waals surface area (Å²) < 4.78 is 18.2. The number of hydrogen-bond donors (Lipinski definition) is 1. The molecule has 0 atom stereocenters. The van der Waals surface area contributed by atoms with Gasteiger partial charge in [-0.1, -0.05) is 12.1 Å². The van der Waals surface area contributed by atoms with Crippen LogP contribution < -0.4 is 4.74 Å². The zero-order chi connectivity index (χ0) is 16.2. The number of hydrogen-bond acceptors (Lipinski definition) is 4. The van der Waals surface area contributed by atoms with E-state index >= 15 is 0 Å². The van der Waals surface area contributed by atoms with Gasteiger partial charge in [-0.25, -0.2) is 19.2 Å². The van der Waals surface area contributed by atoms with Gasteiger partial charge in [0.05, 0.1) is 5.56 Å². The van der Waals surface area contributed by atoms with Crippen molar-refractivity contribution in [3.8, 4) is 22.9 Å². The molecule has 0 saturated carbocycles. The number of rotatable bonds is 4. The number of carboxylic acid groups (broad SMARTS) is 1. The van der Waals surface area contributed by atoms with E-state index in [9.17, 15) is 9.18 Å². The van der Waals surface area contributed by atoms with Crippen molar-refractivity contribution < 1.29 is 19.0 Å². The summed E-state index contributed by atoms with van der Waals surface area (Å²) in [5.74, 6) is -0.928. The van der Waals surface area contributed by atoms with Crippen LogP contribution in [0.1, 0.15) is 10.4 Å². The van der Waals surface area contributed by atoms with Crippen molar-refractivity contribution in [3.63, 3.8) is 0 Å². The first-order valence-electron chi connectivity index (χ1n) is 6.71. The number of aromatic carboxylic acids is 1. The van der Waals surface area contributed by atoms with Crippen molar-refractivity contribution in [1.29, 1.82) is 0 Å². The molecule has 6 heteroatoms. The van der Waals surface area contributed by atoms with Gasteiger partial charge in [0.15, 0.2) is 0 Å². The topological polar surface area (TPSA) is 72.3 Å². The average Bonchev–Trinajstić information content (AvgIpc) is 2.58. The molecule has 3 aromatic rings. The molecule has 1 aromatic heterocycles. The Labute approximate surface area is 131 Å². The van der Waals surface area contributed by atoms with Crippen LogP contribution in [0.3, 0.4) is 0 Å². The Morgan fingerprint density at radius 3 is 2.35 bits per heavy atom. The Bertz CT molecular complexity index is 833. The molecule has 0 bridgehead atoms. The van der Waals surface area contributed by atoms with Crippen molar-refractivity contribution in [3.05, 3.63) is 72.3 Å². The minimum atomic E-state index is -0.996. The summed E-state index contributed by atoms with van der Waals surface area (Å²) in [6.45, 7) is 0. The van der Waals surface area contributed by atoms with Crippen LogP contribution in [-0.2, 0) is 0 Å². The number of aromatic nitrogens is 2. The SMILES string of the molecule is O=C(O)c1cccc(-c2cnc(Oc3ccc(F)cc3)nc2)c1. The lowest BCUT2D eigenvalue weighted by Gasteiger charge is -2.05. The first-order chi connectivity index (χ1) is 11.1. The summed E-state index contributed by atoms with van der Waals surface area (Å²) in [6, 6.07) is 12.1. The van der Waals surface area contributed by atoms with Crippen LogP contribution in [0.5, 0.6) is 11.8 Å². The van der Waals surface area contributed by atoms with Crippen LogP contribution in [0.15, 0.2) is 60.9 Å². The highest BCUT2D eigenvalue weighted by molar-refractivity contribution is 5.89. The van der Waals surface area contributed by atoms with E-state index in [1.807, 2.05) is 0 Å². The lowest BCUT2D eigenvalue weighted by atomic mass is 10.1. The maximum absolute atomic E-state index is 12.8. The van der Waals surface area contributed by atoms with Crippen LogP contribution in [0.25, 0.3) is 11.1 Å². The molecule has 2 aromatic carbocycles. The van der Waals surface area contributed by atoms with Gasteiger partial charge >= 0.3 is 12.0 Å². The van der Waals surface area contributed by atoms with Gasteiger partial charge in [0.2, 0.25) is 0 Å². The number of nitrogens with zero attached hydrogens (tertiary/aromatic N) is 2. The second kappa shape index (κ2) is 6.23. The third-order valence-corrected chi connectivity index (χ3v) is 3.09. The fourth-order valence-electron chi connectivity index (χ4n) is 1.96. The monoisotopic (exact) mass is 310 g/mol. The number of ether oxygens (including phenoxy) is 1. The highest BCUT2D eigenvalue weighted by Crippen LogP contribution is 2.22. The third-order valence-electron chi connectivity index (χ3n) is 3.09. The van der Waals surface area contributed by atoms with Gasteiger partial charge in [0.25, 0.3) is 0 Å². The molecular weight excluding hydrogens is 299 g/mol. The smallest absolute Gasteiger partial charge is 0.335 e. The molecule has 3 rings (SSSR count). The Balaban J connectivity index is 1.80. The van der Waals surface area contributed by atoms with Gasteiger partial charge in [-0.05, 0) is 42.0 Å². The van der Waals surface area contributed by atoms with E-state index in [4.69, 9.17) is 9.84 Å². The van der Waals surface area contributed by atoms with Crippen LogP contribution in [-0.4, -0.2) is 21.0 Å². The van der Waals surface area contributed by atoms with E-state index in [1.54, 1.807) is 18.2 Å². The van der Waals surface area contributed by atoms with Crippen molar-refractivity contribution in [1.82, 2.24) is 9.97 Å². The largest absolute Gasteiger partial charge is 0.478 e. The van der Waals surface area contributed by atoms with Gasteiger partial charge in [-0.15, -0.1) is 0 Å². The van der Waals surface area contributed by atoms with Crippen molar-refractivity contribution in [2.24, 2.45) is 0 Å². The zero-order valence-electron chi connectivity index (χ0n) is 11.8. The summed E-state index contributed by atoms with van der Waals surface area (Å²) in [7, 11) is 0. The Kier molecular flexibility index (Phi) is 3.97. The molecule has 1 heterocycles. The zero-order valence-corrected chi connectivity index (χ0v) is 11.8. The molecule has 5 nitrogen and oxygen atoms in total. The number of benzene rings is 2. The molecule has 0 fully saturated rings. The Hall–Kier alpha value is -3.28. The fourth-order valence-corrected chi connectivity index (χ4v) is 1.96. The van der Waals surface area contributed by atoms with Gasteiger partial charge in [0.1, 0.15) is 11.6 Å². The molecule has 0 saturated heterocycles. The quantitative estimate of drug-likeness (QED) is 0.794. The molecule has 0 unspecified atom stereocenters. The summed E-state index contributed by atoms with van der Waals surface area (Å²) in [5, 5.41) is 9.01. The Morgan fingerprint density at radius 2 is 1.70 bits per heavy atom. The van der Waals surface area contributed by atoms with Gasteiger partial charge in [-0.2, -0.15) is 0 Å². The maximum Gasteiger partial charge on any atom is 0.335 e. The van der Waals surface area contributed by atoms with E-state index in [1.165, 1.54) is 42.7 Å². The molecule has 0 aliphatic heterocycles. The molecule has 0 aliphatic carbocycles. The minimum Gasteiger partial charge on any atom is -0.478 e. The molecule has 0 aliphatic rings. The van der Waals surface area contributed by atoms with E-state index in [2.05, 4.69) is 9.97 Å². The first kappa shape index (κ1) is 14.6. The molecule has 114 valence electrons. The summed E-state index contributed by atoms with van der Waals surface area (Å²) in [4.78, 5) is 19.1. The second-order valence-corrected chi connectivity index (χ2v) is 4.70. The predicted molar refractivity (Wildman–Crippen MR) is 80.9 cm³/mol. The Morgan fingerprint density at radius 1 is 1.00 bits per heavy atom. The van der Waals surface area contributed by atoms with Crippen LogP contribution in [0.4, 0.5) is 4.39 Å². The molecular formula is C17H11FN2O3. The average molecular weight is 310 g/mol. The number of halogens is 1. The van der Waals surface area contributed by atoms with E-state index in [0.29, 0.717) is 16.9 Å². The third kappa shape index (κ3) is 3.49. The van der Waals surface area contributed by atoms with Gasteiger partial charge in [0, 0.05) is 18.0 Å². The van der Waals surface area contributed by atoms with Crippen LogP contribution in [0.2, 0.25) is 0 Å². The van der Waals surface area contributed by atoms with E-state index < -0.39 is 5.97 Å². The second-order valence-electron chi connectivity index (χ2n) is 4.70. The molecule has 1 N–H and O–H groups in total. The standard InChI is InChI=1S/C17H11FN2O3/c18-14-4-6-15(7-5-14)23-17-19-9-13(10-20-17)11-2-1-3-12(8-11)16(21)22/h1-10H,(H,21,22).